The molecule has 8 atom stereocenters. The molecule has 0 amide bonds. The van der Waals surface area contributed by atoms with Crippen molar-refractivity contribution in [1.29, 1.82) is 0 Å². The van der Waals surface area contributed by atoms with Crippen LogP contribution in [0.3, 0.4) is 0 Å². The van der Waals surface area contributed by atoms with Crippen molar-refractivity contribution in [2.45, 2.75) is 44.5 Å². The van der Waals surface area contributed by atoms with Crippen LogP contribution in [-0.2, 0) is 4.74 Å². The number of hydrogen-bond donors (Lipinski definition) is 0. The fourth-order valence-electron chi connectivity index (χ4n) is 3.88. The average Bonchev–Trinajstić information content (AvgIpc) is 2.81. The van der Waals surface area contributed by atoms with E-state index in [-0.39, 0.29) is 0 Å². The number of rotatable bonds is 0. The minimum Gasteiger partial charge on any atom is -0.365 e. The molecule has 0 N–H and O–H groups in total. The van der Waals surface area contributed by atoms with E-state index in [9.17, 15) is 26.3 Å². The van der Waals surface area contributed by atoms with Crippen LogP contribution in [0.5, 0.6) is 0 Å². The molecule has 2 saturated heterocycles. The van der Waals surface area contributed by atoms with E-state index < -0.39 is 56.2 Å². The number of halogens is 8. The SMILES string of the molecule is FC1=C(F)C2(F)C1(F)C1(F)C3OC(C(Br)C3Br)C21F. The van der Waals surface area contributed by atoms with Crippen LogP contribution in [-0.4, -0.2) is 44.5 Å². The molecule has 1 nitrogen and oxygen atoms in total. The zero-order valence-electron chi connectivity index (χ0n) is 8.74. The van der Waals surface area contributed by atoms with Crippen LogP contribution in [0, 0.1) is 0 Å². The molecule has 0 radical (unpaired) electrons. The van der Waals surface area contributed by atoms with Crippen molar-refractivity contribution in [1.82, 2.24) is 0 Å². The van der Waals surface area contributed by atoms with E-state index in [1.54, 1.807) is 0 Å². The van der Waals surface area contributed by atoms with Gasteiger partial charge in [0.25, 0.3) is 0 Å². The summed E-state index contributed by atoms with van der Waals surface area (Å²) in [6, 6.07) is 0. The predicted molar refractivity (Wildman–Crippen MR) is 58.7 cm³/mol. The first-order chi connectivity index (χ1) is 8.61. The van der Waals surface area contributed by atoms with Gasteiger partial charge in [0.15, 0.2) is 11.7 Å². The van der Waals surface area contributed by atoms with E-state index in [0.717, 1.165) is 0 Å². The van der Waals surface area contributed by atoms with Crippen molar-refractivity contribution in [2.75, 3.05) is 0 Å². The van der Waals surface area contributed by atoms with E-state index in [4.69, 9.17) is 4.74 Å². The van der Waals surface area contributed by atoms with Gasteiger partial charge < -0.3 is 4.74 Å². The second kappa shape index (κ2) is 2.90. The third kappa shape index (κ3) is 0.747. The molecular formula is C10H4Br2F6O. The monoisotopic (exact) mass is 412 g/mol. The van der Waals surface area contributed by atoms with Crippen LogP contribution in [0.4, 0.5) is 26.3 Å². The van der Waals surface area contributed by atoms with E-state index in [0.29, 0.717) is 0 Å². The van der Waals surface area contributed by atoms with Crippen LogP contribution in [0.15, 0.2) is 11.7 Å². The summed E-state index contributed by atoms with van der Waals surface area (Å²) in [5, 5.41) is 0. The first-order valence-electron chi connectivity index (χ1n) is 5.37. The quantitative estimate of drug-likeness (QED) is 0.437. The maximum Gasteiger partial charge on any atom is 0.247 e. The van der Waals surface area contributed by atoms with Gasteiger partial charge in [0.05, 0.1) is 9.65 Å². The molecule has 0 aromatic heterocycles. The van der Waals surface area contributed by atoms with Gasteiger partial charge in [0.2, 0.25) is 22.7 Å². The van der Waals surface area contributed by atoms with Crippen molar-refractivity contribution in [3.63, 3.8) is 0 Å². The Morgan fingerprint density at radius 3 is 1.42 bits per heavy atom. The van der Waals surface area contributed by atoms with Gasteiger partial charge in [0.1, 0.15) is 12.2 Å². The molecule has 2 aliphatic carbocycles. The molecule has 4 rings (SSSR count). The van der Waals surface area contributed by atoms with Gasteiger partial charge in [-0.15, -0.1) is 0 Å². The Morgan fingerprint density at radius 1 is 0.789 bits per heavy atom. The zero-order chi connectivity index (χ0) is 14.2. The minimum absolute atomic E-state index is 0.875. The lowest BCUT2D eigenvalue weighted by Gasteiger charge is -2.69. The number of ether oxygens (including phenoxy) is 1. The summed E-state index contributed by atoms with van der Waals surface area (Å²) < 4.78 is 89.4. The second-order valence-corrected chi connectivity index (χ2v) is 7.35. The molecule has 3 fully saturated rings. The van der Waals surface area contributed by atoms with Gasteiger partial charge in [-0.1, -0.05) is 31.9 Å². The Bertz CT molecular complexity index is 512. The Morgan fingerprint density at radius 2 is 1.11 bits per heavy atom. The Kier molecular flexibility index (Phi) is 1.97. The number of hydrogen-bond acceptors (Lipinski definition) is 1. The summed E-state index contributed by atoms with van der Waals surface area (Å²) in [6.45, 7) is 0. The van der Waals surface area contributed by atoms with Gasteiger partial charge in [-0.3, -0.25) is 0 Å². The Labute approximate surface area is 119 Å². The molecule has 2 heterocycles. The van der Waals surface area contributed by atoms with E-state index >= 15 is 0 Å². The van der Waals surface area contributed by atoms with Crippen molar-refractivity contribution in [2.24, 2.45) is 0 Å². The summed E-state index contributed by atoms with van der Waals surface area (Å²) in [5.74, 6) is -4.43. The molecule has 19 heavy (non-hydrogen) atoms. The molecule has 0 spiro atoms. The highest BCUT2D eigenvalue weighted by molar-refractivity contribution is 9.12. The summed E-state index contributed by atoms with van der Waals surface area (Å²) in [7, 11) is 0. The van der Waals surface area contributed by atoms with Gasteiger partial charge in [0, 0.05) is 0 Å². The maximum absolute atomic E-state index is 14.7. The molecule has 8 unspecified atom stereocenters. The third-order valence-corrected chi connectivity index (χ3v) is 7.57. The second-order valence-electron chi connectivity index (χ2n) is 5.23. The lowest BCUT2D eigenvalue weighted by Crippen LogP contribution is -2.97. The molecule has 9 heteroatoms. The number of alkyl halides is 6. The fraction of sp³-hybridized carbons (Fsp3) is 0.800. The first-order valence-corrected chi connectivity index (χ1v) is 7.20. The molecule has 0 aromatic carbocycles. The van der Waals surface area contributed by atoms with Crippen molar-refractivity contribution in [3.05, 3.63) is 11.7 Å². The first kappa shape index (κ1) is 12.9. The van der Waals surface area contributed by atoms with Crippen LogP contribution >= 0.6 is 31.9 Å². The molecule has 2 aliphatic heterocycles. The molecular weight excluding hydrogens is 410 g/mol. The van der Waals surface area contributed by atoms with Crippen LogP contribution in [0.2, 0.25) is 0 Å². The number of allylic oxidation sites excluding steroid dienone is 2. The molecule has 0 aromatic rings. The lowest BCUT2D eigenvalue weighted by atomic mass is 9.38. The highest BCUT2D eigenvalue weighted by Gasteiger charge is 3.09. The van der Waals surface area contributed by atoms with Crippen LogP contribution in [0.1, 0.15) is 0 Å². The summed E-state index contributed by atoms with van der Waals surface area (Å²) in [5.41, 5.74) is -15.0. The fourth-order valence-corrected chi connectivity index (χ4v) is 5.41. The van der Waals surface area contributed by atoms with Gasteiger partial charge in [-0.25, -0.2) is 26.3 Å². The maximum atomic E-state index is 14.7. The van der Waals surface area contributed by atoms with E-state index in [1.165, 1.54) is 0 Å². The largest absolute Gasteiger partial charge is 0.365 e. The zero-order valence-corrected chi connectivity index (χ0v) is 11.9. The standard InChI is InChI=1S/C10H4Br2F6O/c11-1-2(12)6-10(18)8(16)4(14)3(13)7(8,15)9(10,17)5(1)19-6/h1-2,5-6H. The van der Waals surface area contributed by atoms with E-state index in [1.807, 2.05) is 0 Å². The third-order valence-electron chi connectivity index (χ3n) is 4.76. The molecule has 106 valence electrons. The van der Waals surface area contributed by atoms with Crippen molar-refractivity contribution < 1.29 is 31.1 Å². The van der Waals surface area contributed by atoms with Crippen molar-refractivity contribution >= 4 is 31.9 Å². The normalized spacial score (nSPS) is 69.5. The molecule has 2 bridgehead atoms. The highest BCUT2D eigenvalue weighted by Crippen LogP contribution is 2.84. The molecule has 1 saturated carbocycles. The Balaban J connectivity index is 1.98. The Hall–Kier alpha value is 0.240. The van der Waals surface area contributed by atoms with Gasteiger partial charge >= 0.3 is 0 Å². The average molecular weight is 414 g/mol. The van der Waals surface area contributed by atoms with Crippen LogP contribution in [0.25, 0.3) is 0 Å². The lowest BCUT2D eigenvalue weighted by molar-refractivity contribution is -0.349. The number of fused-ring (bicyclic) bond motifs is 8. The highest BCUT2D eigenvalue weighted by atomic mass is 79.9. The smallest absolute Gasteiger partial charge is 0.247 e. The van der Waals surface area contributed by atoms with Crippen LogP contribution < -0.4 is 0 Å². The van der Waals surface area contributed by atoms with Crippen molar-refractivity contribution in [3.8, 4) is 0 Å². The summed E-state index contributed by atoms with van der Waals surface area (Å²) >= 11 is 5.94. The van der Waals surface area contributed by atoms with E-state index in [2.05, 4.69) is 31.9 Å². The van der Waals surface area contributed by atoms with Gasteiger partial charge in [-0.2, -0.15) is 0 Å². The summed E-state index contributed by atoms with van der Waals surface area (Å²) in [4.78, 5) is -1.75. The predicted octanol–water partition coefficient (Wildman–Crippen LogP) is 3.31. The topological polar surface area (TPSA) is 9.23 Å². The minimum atomic E-state index is -3.95. The molecule has 4 aliphatic rings. The van der Waals surface area contributed by atoms with Gasteiger partial charge in [-0.05, 0) is 0 Å². The summed E-state index contributed by atoms with van der Waals surface area (Å²) in [6.07, 6.45) is -3.47.